The Bertz CT molecular complexity index is 861. The molecule has 1 amide bonds. The number of carbonyl (C=O) groups excluding carboxylic acids is 2. The third-order valence-electron chi connectivity index (χ3n) is 5.82. The maximum absolute atomic E-state index is 13.0. The van der Waals surface area contributed by atoms with Crippen molar-refractivity contribution in [2.24, 2.45) is 0 Å². The second kappa shape index (κ2) is 7.65. The SMILES string of the molecule is CCC(=O)c1cccc(-c2cccc(C(=O)N3CCN4CCCC4C3)c2)c1. The number of hydrogen-bond donors (Lipinski definition) is 0. The Balaban J connectivity index is 1.56. The number of ketones is 1. The zero-order valence-corrected chi connectivity index (χ0v) is 15.9. The molecule has 0 bridgehead atoms. The number of hydrogen-bond acceptors (Lipinski definition) is 3. The van der Waals surface area contributed by atoms with Gasteiger partial charge < -0.3 is 4.90 Å². The van der Waals surface area contributed by atoms with Crippen molar-refractivity contribution < 1.29 is 9.59 Å². The molecule has 1 atom stereocenters. The predicted octanol–water partition coefficient (Wildman–Crippen LogP) is 3.87. The van der Waals surface area contributed by atoms with Gasteiger partial charge in [0, 0.05) is 43.2 Å². The van der Waals surface area contributed by atoms with Crippen molar-refractivity contribution in [1.29, 1.82) is 0 Å². The largest absolute Gasteiger partial charge is 0.336 e. The van der Waals surface area contributed by atoms with E-state index in [0.717, 1.165) is 41.9 Å². The number of Topliss-reactive ketones (excluding diaryl/α,β-unsaturated/α-hetero) is 1. The van der Waals surface area contributed by atoms with Gasteiger partial charge in [-0.15, -0.1) is 0 Å². The second-order valence-corrected chi connectivity index (χ2v) is 7.52. The average Bonchev–Trinajstić information content (AvgIpc) is 3.20. The van der Waals surface area contributed by atoms with Gasteiger partial charge in [-0.25, -0.2) is 0 Å². The highest BCUT2D eigenvalue weighted by molar-refractivity contribution is 5.98. The van der Waals surface area contributed by atoms with E-state index in [1.54, 1.807) is 0 Å². The van der Waals surface area contributed by atoms with Crippen molar-refractivity contribution in [2.75, 3.05) is 26.2 Å². The van der Waals surface area contributed by atoms with E-state index in [4.69, 9.17) is 0 Å². The smallest absolute Gasteiger partial charge is 0.253 e. The van der Waals surface area contributed by atoms with E-state index in [0.29, 0.717) is 12.5 Å². The first kappa shape index (κ1) is 17.9. The molecule has 0 aromatic heterocycles. The topological polar surface area (TPSA) is 40.6 Å². The van der Waals surface area contributed by atoms with Gasteiger partial charge in [-0.05, 0) is 48.7 Å². The van der Waals surface area contributed by atoms with Crippen molar-refractivity contribution in [3.05, 3.63) is 59.7 Å². The minimum atomic E-state index is 0.115. The first-order chi connectivity index (χ1) is 13.2. The van der Waals surface area contributed by atoms with E-state index in [9.17, 15) is 9.59 Å². The van der Waals surface area contributed by atoms with Gasteiger partial charge in [-0.3, -0.25) is 14.5 Å². The third-order valence-corrected chi connectivity index (χ3v) is 5.82. The maximum Gasteiger partial charge on any atom is 0.253 e. The molecule has 0 radical (unpaired) electrons. The lowest BCUT2D eigenvalue weighted by Gasteiger charge is -2.37. The highest BCUT2D eigenvalue weighted by Gasteiger charge is 2.32. The Labute approximate surface area is 160 Å². The molecule has 4 nitrogen and oxygen atoms in total. The van der Waals surface area contributed by atoms with Crippen molar-refractivity contribution in [1.82, 2.24) is 9.80 Å². The zero-order valence-electron chi connectivity index (χ0n) is 15.9. The molecule has 0 spiro atoms. The van der Waals surface area contributed by atoms with E-state index < -0.39 is 0 Å². The van der Waals surface area contributed by atoms with Crippen molar-refractivity contribution >= 4 is 11.7 Å². The van der Waals surface area contributed by atoms with Crippen molar-refractivity contribution in [3.8, 4) is 11.1 Å². The van der Waals surface area contributed by atoms with Crippen LogP contribution in [0.2, 0.25) is 0 Å². The normalized spacial score (nSPS) is 19.7. The lowest BCUT2D eigenvalue weighted by Crippen LogP contribution is -2.52. The maximum atomic E-state index is 13.0. The van der Waals surface area contributed by atoms with E-state index in [-0.39, 0.29) is 11.7 Å². The van der Waals surface area contributed by atoms with E-state index >= 15 is 0 Å². The Morgan fingerprint density at radius 3 is 2.41 bits per heavy atom. The summed E-state index contributed by atoms with van der Waals surface area (Å²) in [6, 6.07) is 16.0. The summed E-state index contributed by atoms with van der Waals surface area (Å²) in [7, 11) is 0. The number of fused-ring (bicyclic) bond motifs is 1. The van der Waals surface area contributed by atoms with Crippen LogP contribution in [0.5, 0.6) is 0 Å². The summed E-state index contributed by atoms with van der Waals surface area (Å²) >= 11 is 0. The lowest BCUT2D eigenvalue weighted by molar-refractivity contribution is 0.0571. The van der Waals surface area contributed by atoms with Crippen molar-refractivity contribution in [3.63, 3.8) is 0 Å². The quantitative estimate of drug-likeness (QED) is 0.776. The number of rotatable bonds is 4. The molecule has 0 aliphatic carbocycles. The Kier molecular flexibility index (Phi) is 5.08. The van der Waals surface area contributed by atoms with E-state index in [1.165, 1.54) is 19.4 Å². The summed E-state index contributed by atoms with van der Waals surface area (Å²) < 4.78 is 0. The van der Waals surface area contributed by atoms with Crippen molar-refractivity contribution in [2.45, 2.75) is 32.2 Å². The number of carbonyl (C=O) groups is 2. The average molecular weight is 362 g/mol. The Morgan fingerprint density at radius 1 is 0.963 bits per heavy atom. The van der Waals surface area contributed by atoms with Gasteiger partial charge in [-0.2, -0.15) is 0 Å². The lowest BCUT2D eigenvalue weighted by atomic mass is 9.98. The molecular weight excluding hydrogens is 336 g/mol. The van der Waals surface area contributed by atoms with Gasteiger partial charge in [0.25, 0.3) is 5.91 Å². The fourth-order valence-corrected chi connectivity index (χ4v) is 4.27. The molecule has 140 valence electrons. The van der Waals surface area contributed by atoms with Gasteiger partial charge >= 0.3 is 0 Å². The van der Waals surface area contributed by atoms with Crippen LogP contribution in [0.15, 0.2) is 48.5 Å². The standard InChI is InChI=1S/C23H26N2O2/c1-2-22(26)19-8-3-6-17(14-19)18-7-4-9-20(15-18)23(27)25-13-12-24-11-5-10-21(24)16-25/h3-4,6-9,14-15,21H,2,5,10-13,16H2,1H3. The van der Waals surface area contributed by atoms with Gasteiger partial charge in [0.1, 0.15) is 0 Å². The van der Waals surface area contributed by atoms with Gasteiger partial charge in [0.2, 0.25) is 0 Å². The first-order valence-corrected chi connectivity index (χ1v) is 9.92. The van der Waals surface area contributed by atoms with Crippen LogP contribution in [-0.2, 0) is 0 Å². The van der Waals surface area contributed by atoms with Gasteiger partial charge in [0.15, 0.2) is 5.78 Å². The molecule has 2 aromatic carbocycles. The molecule has 0 N–H and O–H groups in total. The Morgan fingerprint density at radius 2 is 1.67 bits per heavy atom. The van der Waals surface area contributed by atoms with Crippen LogP contribution in [0.3, 0.4) is 0 Å². The highest BCUT2D eigenvalue weighted by atomic mass is 16.2. The second-order valence-electron chi connectivity index (χ2n) is 7.52. The molecule has 1 unspecified atom stereocenters. The number of amides is 1. The molecular formula is C23H26N2O2. The minimum absolute atomic E-state index is 0.115. The Hall–Kier alpha value is -2.46. The summed E-state index contributed by atoms with van der Waals surface area (Å²) in [6.07, 6.45) is 2.94. The van der Waals surface area contributed by atoms with Crippen LogP contribution in [0.4, 0.5) is 0 Å². The summed E-state index contributed by atoms with van der Waals surface area (Å²) in [5, 5.41) is 0. The molecule has 0 saturated carbocycles. The van der Waals surface area contributed by atoms with Crippen LogP contribution in [0.25, 0.3) is 11.1 Å². The molecule has 2 aromatic rings. The number of piperazine rings is 1. The number of benzene rings is 2. The summed E-state index contributed by atoms with van der Waals surface area (Å²) in [5.74, 6) is 0.253. The third kappa shape index (κ3) is 3.67. The highest BCUT2D eigenvalue weighted by Crippen LogP contribution is 2.25. The molecule has 2 saturated heterocycles. The molecule has 27 heavy (non-hydrogen) atoms. The molecule has 2 heterocycles. The van der Waals surface area contributed by atoms with Crippen LogP contribution in [-0.4, -0.2) is 53.7 Å². The summed E-state index contributed by atoms with van der Waals surface area (Å²) in [5.41, 5.74) is 3.41. The van der Waals surface area contributed by atoms with Crippen LogP contribution < -0.4 is 0 Å². The van der Waals surface area contributed by atoms with Gasteiger partial charge in [-0.1, -0.05) is 37.3 Å². The van der Waals surface area contributed by atoms with Gasteiger partial charge in [0.05, 0.1) is 0 Å². The van der Waals surface area contributed by atoms with Crippen LogP contribution >= 0.6 is 0 Å². The first-order valence-electron chi connectivity index (χ1n) is 9.92. The minimum Gasteiger partial charge on any atom is -0.336 e. The fraction of sp³-hybridized carbons (Fsp3) is 0.391. The fourth-order valence-electron chi connectivity index (χ4n) is 4.27. The number of nitrogens with zero attached hydrogens (tertiary/aromatic N) is 2. The molecule has 2 aliphatic heterocycles. The van der Waals surface area contributed by atoms with E-state index in [2.05, 4.69) is 4.90 Å². The summed E-state index contributed by atoms with van der Waals surface area (Å²) in [6.45, 7) is 5.67. The predicted molar refractivity (Wildman–Crippen MR) is 107 cm³/mol. The molecule has 4 rings (SSSR count). The summed E-state index contributed by atoms with van der Waals surface area (Å²) in [4.78, 5) is 29.6. The van der Waals surface area contributed by atoms with Crippen LogP contribution in [0.1, 0.15) is 46.9 Å². The molecule has 2 fully saturated rings. The molecule has 2 aliphatic rings. The van der Waals surface area contributed by atoms with Crippen LogP contribution in [0, 0.1) is 0 Å². The zero-order chi connectivity index (χ0) is 18.8. The van der Waals surface area contributed by atoms with E-state index in [1.807, 2.05) is 60.4 Å². The molecule has 4 heteroatoms. The monoisotopic (exact) mass is 362 g/mol.